The summed E-state index contributed by atoms with van der Waals surface area (Å²) < 4.78 is 0. The number of nitrogens with zero attached hydrogens (tertiary/aromatic N) is 2. The van der Waals surface area contributed by atoms with Crippen molar-refractivity contribution in [2.75, 3.05) is 37.6 Å². The Balaban J connectivity index is 1.77. The van der Waals surface area contributed by atoms with Crippen molar-refractivity contribution >= 4 is 29.2 Å². The van der Waals surface area contributed by atoms with E-state index in [1.807, 2.05) is 38.1 Å². The molecular formula is C16H23ClN4O2. The van der Waals surface area contributed by atoms with Gasteiger partial charge in [-0.15, -0.1) is 0 Å². The monoisotopic (exact) mass is 338 g/mol. The maximum absolute atomic E-state index is 12.1. The zero-order chi connectivity index (χ0) is 16.8. The summed E-state index contributed by atoms with van der Waals surface area (Å²) >= 11 is 6.01. The third-order valence-corrected chi connectivity index (χ3v) is 3.86. The van der Waals surface area contributed by atoms with Gasteiger partial charge in [0.1, 0.15) is 0 Å². The molecule has 0 atom stereocenters. The van der Waals surface area contributed by atoms with Crippen molar-refractivity contribution < 1.29 is 9.59 Å². The molecule has 0 radical (unpaired) electrons. The lowest BCUT2D eigenvalue weighted by atomic mass is 10.2. The van der Waals surface area contributed by atoms with Gasteiger partial charge in [-0.3, -0.25) is 4.79 Å². The summed E-state index contributed by atoms with van der Waals surface area (Å²) in [5.41, 5.74) is 1.07. The molecule has 1 aliphatic rings. The van der Waals surface area contributed by atoms with Crippen LogP contribution in [-0.4, -0.2) is 55.6 Å². The molecule has 7 heteroatoms. The Bertz CT molecular complexity index is 557. The molecule has 0 saturated carbocycles. The Kier molecular flexibility index (Phi) is 6.10. The van der Waals surface area contributed by atoms with Crippen LogP contribution in [0.3, 0.4) is 0 Å². The molecule has 0 unspecified atom stereocenters. The zero-order valence-electron chi connectivity index (χ0n) is 13.5. The molecule has 1 heterocycles. The Labute approximate surface area is 141 Å². The van der Waals surface area contributed by atoms with Gasteiger partial charge >= 0.3 is 6.03 Å². The number of hydrogen-bond donors (Lipinski definition) is 2. The summed E-state index contributed by atoms with van der Waals surface area (Å²) in [6, 6.07) is 7.45. The first-order chi connectivity index (χ1) is 11.0. The normalized spacial score (nSPS) is 14.8. The summed E-state index contributed by atoms with van der Waals surface area (Å²) in [5.74, 6) is -0.0605. The van der Waals surface area contributed by atoms with Gasteiger partial charge in [-0.2, -0.15) is 0 Å². The van der Waals surface area contributed by atoms with Crippen LogP contribution in [0.25, 0.3) is 0 Å². The summed E-state index contributed by atoms with van der Waals surface area (Å²) in [4.78, 5) is 27.6. The number of urea groups is 1. The minimum Gasteiger partial charge on any atom is -0.368 e. The highest BCUT2D eigenvalue weighted by atomic mass is 35.5. The van der Waals surface area contributed by atoms with Crippen molar-refractivity contribution in [3.8, 4) is 0 Å². The summed E-state index contributed by atoms with van der Waals surface area (Å²) in [5, 5.41) is 5.99. The average molecular weight is 339 g/mol. The van der Waals surface area contributed by atoms with E-state index in [4.69, 9.17) is 11.6 Å². The van der Waals surface area contributed by atoms with Gasteiger partial charge in [0.05, 0.1) is 6.54 Å². The third kappa shape index (κ3) is 5.32. The second-order valence-electron chi connectivity index (χ2n) is 5.83. The number of carbonyl (C=O) groups excluding carboxylic acids is 2. The Morgan fingerprint density at radius 2 is 1.91 bits per heavy atom. The van der Waals surface area contributed by atoms with E-state index >= 15 is 0 Å². The lowest BCUT2D eigenvalue weighted by molar-refractivity contribution is -0.130. The van der Waals surface area contributed by atoms with E-state index in [-0.39, 0.29) is 24.5 Å². The molecule has 2 N–H and O–H groups in total. The molecule has 0 aromatic heterocycles. The van der Waals surface area contributed by atoms with Gasteiger partial charge < -0.3 is 20.4 Å². The van der Waals surface area contributed by atoms with E-state index in [1.165, 1.54) is 0 Å². The van der Waals surface area contributed by atoms with Gasteiger partial charge in [0.2, 0.25) is 5.91 Å². The number of carbonyl (C=O) groups is 2. The number of halogens is 1. The van der Waals surface area contributed by atoms with Gasteiger partial charge in [-0.1, -0.05) is 17.7 Å². The first-order valence-electron chi connectivity index (χ1n) is 7.78. The van der Waals surface area contributed by atoms with Gasteiger partial charge in [-0.25, -0.2) is 4.79 Å². The molecule has 0 aliphatic carbocycles. The molecule has 0 spiro atoms. The maximum atomic E-state index is 12.1. The largest absolute Gasteiger partial charge is 0.368 e. The fraction of sp³-hybridized carbons (Fsp3) is 0.500. The highest BCUT2D eigenvalue weighted by Crippen LogP contribution is 2.20. The number of rotatable bonds is 4. The second-order valence-corrected chi connectivity index (χ2v) is 6.27. The summed E-state index contributed by atoms with van der Waals surface area (Å²) in [6.07, 6.45) is 0. The summed E-state index contributed by atoms with van der Waals surface area (Å²) in [7, 11) is 0. The van der Waals surface area contributed by atoms with E-state index < -0.39 is 0 Å². The van der Waals surface area contributed by atoms with Crippen LogP contribution in [0.4, 0.5) is 10.5 Å². The Morgan fingerprint density at radius 3 is 2.52 bits per heavy atom. The second kappa shape index (κ2) is 8.06. The number of benzene rings is 1. The molecule has 3 amide bonds. The van der Waals surface area contributed by atoms with Crippen molar-refractivity contribution in [2.45, 2.75) is 19.9 Å². The SMILES string of the molecule is CC(C)NC(=O)NCC(=O)N1CCN(c2cccc(Cl)c2)CC1. The van der Waals surface area contributed by atoms with Crippen molar-refractivity contribution in [3.05, 3.63) is 29.3 Å². The first-order valence-corrected chi connectivity index (χ1v) is 8.16. The molecule has 6 nitrogen and oxygen atoms in total. The molecule has 23 heavy (non-hydrogen) atoms. The van der Waals surface area contributed by atoms with E-state index in [0.29, 0.717) is 18.1 Å². The molecule has 0 bridgehead atoms. The molecular weight excluding hydrogens is 316 g/mol. The molecule has 1 saturated heterocycles. The van der Waals surface area contributed by atoms with Crippen molar-refractivity contribution in [2.24, 2.45) is 0 Å². The third-order valence-electron chi connectivity index (χ3n) is 3.63. The van der Waals surface area contributed by atoms with Crippen LogP contribution in [0.2, 0.25) is 5.02 Å². The number of amides is 3. The molecule has 1 aliphatic heterocycles. The summed E-state index contributed by atoms with van der Waals surface area (Å²) in [6.45, 7) is 6.55. The van der Waals surface area contributed by atoms with Crippen LogP contribution >= 0.6 is 11.6 Å². The molecule has 1 aromatic rings. The van der Waals surface area contributed by atoms with E-state index in [2.05, 4.69) is 15.5 Å². The smallest absolute Gasteiger partial charge is 0.315 e. The maximum Gasteiger partial charge on any atom is 0.315 e. The number of hydrogen-bond acceptors (Lipinski definition) is 3. The number of anilines is 1. The quantitative estimate of drug-likeness (QED) is 0.878. The topological polar surface area (TPSA) is 64.7 Å². The Morgan fingerprint density at radius 1 is 1.22 bits per heavy atom. The molecule has 1 fully saturated rings. The molecule has 126 valence electrons. The van der Waals surface area contributed by atoms with Gasteiger partial charge in [0.15, 0.2) is 0 Å². The predicted octanol–water partition coefficient (Wildman–Crippen LogP) is 1.70. The van der Waals surface area contributed by atoms with Crippen molar-refractivity contribution in [1.82, 2.24) is 15.5 Å². The zero-order valence-corrected chi connectivity index (χ0v) is 14.3. The fourth-order valence-electron chi connectivity index (χ4n) is 2.47. The predicted molar refractivity (Wildman–Crippen MR) is 91.9 cm³/mol. The average Bonchev–Trinajstić information content (AvgIpc) is 2.52. The molecule has 1 aromatic carbocycles. The van der Waals surface area contributed by atoms with Crippen LogP contribution < -0.4 is 15.5 Å². The van der Waals surface area contributed by atoms with Crippen LogP contribution in [0.1, 0.15) is 13.8 Å². The van der Waals surface area contributed by atoms with Crippen LogP contribution in [-0.2, 0) is 4.79 Å². The van der Waals surface area contributed by atoms with E-state index in [1.54, 1.807) is 4.90 Å². The lowest BCUT2D eigenvalue weighted by Gasteiger charge is -2.36. The highest BCUT2D eigenvalue weighted by molar-refractivity contribution is 6.30. The standard InChI is InChI=1S/C16H23ClN4O2/c1-12(2)19-16(23)18-11-15(22)21-8-6-20(7-9-21)14-5-3-4-13(17)10-14/h3-5,10,12H,6-9,11H2,1-2H3,(H2,18,19,23). The lowest BCUT2D eigenvalue weighted by Crippen LogP contribution is -2.52. The fourth-order valence-corrected chi connectivity index (χ4v) is 2.65. The van der Waals surface area contributed by atoms with Crippen LogP contribution in [0.5, 0.6) is 0 Å². The van der Waals surface area contributed by atoms with Gasteiger partial charge in [0.25, 0.3) is 0 Å². The number of piperazine rings is 1. The first kappa shape index (κ1) is 17.4. The highest BCUT2D eigenvalue weighted by Gasteiger charge is 2.21. The van der Waals surface area contributed by atoms with Gasteiger partial charge in [0, 0.05) is 42.9 Å². The van der Waals surface area contributed by atoms with Crippen LogP contribution in [0.15, 0.2) is 24.3 Å². The van der Waals surface area contributed by atoms with Crippen LogP contribution in [0, 0.1) is 0 Å². The van der Waals surface area contributed by atoms with E-state index in [0.717, 1.165) is 18.8 Å². The van der Waals surface area contributed by atoms with Crippen molar-refractivity contribution in [1.29, 1.82) is 0 Å². The number of nitrogens with one attached hydrogen (secondary N) is 2. The van der Waals surface area contributed by atoms with Crippen molar-refractivity contribution in [3.63, 3.8) is 0 Å². The van der Waals surface area contributed by atoms with E-state index in [9.17, 15) is 9.59 Å². The Hall–Kier alpha value is -1.95. The minimum absolute atomic E-state index is 0.0235. The minimum atomic E-state index is -0.314. The van der Waals surface area contributed by atoms with Gasteiger partial charge in [-0.05, 0) is 32.0 Å². The molecule has 2 rings (SSSR count).